The van der Waals surface area contributed by atoms with Gasteiger partial charge in [-0.15, -0.1) is 0 Å². The van der Waals surface area contributed by atoms with Crippen LogP contribution >= 0.6 is 15.9 Å². The average molecular weight is 612 g/mol. The number of amidine groups is 1. The molecule has 1 aromatic carbocycles. The maximum Gasteiger partial charge on any atom is 0.425 e. The zero-order valence-electron chi connectivity index (χ0n) is 21.9. The third-order valence-electron chi connectivity index (χ3n) is 5.51. The second kappa shape index (κ2) is 10.6. The molecule has 0 fully saturated rings. The van der Waals surface area contributed by atoms with Crippen LogP contribution in [0.3, 0.4) is 0 Å². The summed E-state index contributed by atoms with van der Waals surface area (Å²) in [6.07, 6.45) is -3.16. The van der Waals surface area contributed by atoms with E-state index < -0.39 is 86.2 Å². The summed E-state index contributed by atoms with van der Waals surface area (Å²) in [7, 11) is -4.50. The van der Waals surface area contributed by atoms with Crippen LogP contribution < -0.4 is 0 Å². The van der Waals surface area contributed by atoms with E-state index in [9.17, 15) is 31.9 Å². The number of hydrogen-bond donors (Lipinski definition) is 1. The molecule has 1 heterocycles. The maximum atomic E-state index is 15.0. The minimum absolute atomic E-state index is 0.295. The molecule has 0 aliphatic carbocycles. The van der Waals surface area contributed by atoms with Gasteiger partial charge in [-0.1, -0.05) is 15.9 Å². The Kier molecular flexibility index (Phi) is 8.88. The number of sulfone groups is 1. The molecule has 2 rings (SSSR count). The van der Waals surface area contributed by atoms with Crippen LogP contribution in [0.4, 0.5) is 18.4 Å². The van der Waals surface area contributed by atoms with E-state index >= 15 is 0 Å². The molecule has 1 N–H and O–H groups in total. The molecule has 2 unspecified atom stereocenters. The number of benzene rings is 1. The van der Waals surface area contributed by atoms with Gasteiger partial charge in [-0.05, 0) is 73.1 Å². The Balaban J connectivity index is 2.98. The highest BCUT2D eigenvalue weighted by molar-refractivity contribution is 9.10. The Labute approximate surface area is 224 Å². The van der Waals surface area contributed by atoms with E-state index in [1.165, 1.54) is 53.7 Å². The lowest BCUT2D eigenvalue weighted by molar-refractivity contribution is 0.0136. The average Bonchev–Trinajstić information content (AvgIpc) is 2.70. The molecule has 9 nitrogen and oxygen atoms in total. The van der Waals surface area contributed by atoms with Crippen LogP contribution in [0.5, 0.6) is 0 Å². The summed E-state index contributed by atoms with van der Waals surface area (Å²) >= 11 is 3.17. The number of ether oxygens (including phenoxy) is 2. The summed E-state index contributed by atoms with van der Waals surface area (Å²) in [5.41, 5.74) is -5.01. The molecule has 2 amide bonds. The number of nitrogens with zero attached hydrogens (tertiary/aromatic N) is 2. The Bertz CT molecular complexity index is 1170. The summed E-state index contributed by atoms with van der Waals surface area (Å²) in [4.78, 5) is 31.3. The van der Waals surface area contributed by atoms with Crippen molar-refractivity contribution in [3.05, 3.63) is 34.1 Å². The Morgan fingerprint density at radius 2 is 1.65 bits per heavy atom. The molecule has 0 saturated carbocycles. The minimum atomic E-state index is -4.50. The van der Waals surface area contributed by atoms with E-state index in [-0.39, 0.29) is 0 Å². The quantitative estimate of drug-likeness (QED) is 0.514. The molecular weight excluding hydrogens is 578 g/mol. The molecule has 2 atom stereocenters. The Hall–Kier alpha value is -2.12. The van der Waals surface area contributed by atoms with Crippen LogP contribution in [-0.2, 0) is 24.8 Å². The molecular formula is C24H33BrF2N2O7S. The highest BCUT2D eigenvalue weighted by Gasteiger charge is 2.58. The molecule has 0 radical (unpaired) electrons. The lowest BCUT2D eigenvalue weighted by atomic mass is 9.91. The van der Waals surface area contributed by atoms with E-state index in [4.69, 9.17) is 9.47 Å². The number of hydrogen-bond acceptors (Lipinski definition) is 8. The number of alkyl halides is 1. The summed E-state index contributed by atoms with van der Waals surface area (Å²) < 4.78 is 66.2. The van der Waals surface area contributed by atoms with Gasteiger partial charge in [0.05, 0.1) is 5.75 Å². The van der Waals surface area contributed by atoms with Gasteiger partial charge in [0.15, 0.2) is 9.84 Å². The van der Waals surface area contributed by atoms with Crippen molar-refractivity contribution in [1.29, 1.82) is 0 Å². The van der Waals surface area contributed by atoms with Gasteiger partial charge in [0, 0.05) is 16.6 Å². The van der Waals surface area contributed by atoms with E-state index in [0.717, 1.165) is 13.0 Å². The van der Waals surface area contributed by atoms with Gasteiger partial charge in [0.1, 0.15) is 39.8 Å². The maximum absolute atomic E-state index is 15.0. The first kappa shape index (κ1) is 31.1. The number of amides is 2. The van der Waals surface area contributed by atoms with Crippen molar-refractivity contribution in [2.45, 2.75) is 76.4 Å². The van der Waals surface area contributed by atoms with Gasteiger partial charge >= 0.3 is 12.2 Å². The number of imide groups is 1. The predicted molar refractivity (Wildman–Crippen MR) is 137 cm³/mol. The lowest BCUT2D eigenvalue weighted by Crippen LogP contribution is -2.63. The summed E-state index contributed by atoms with van der Waals surface area (Å²) in [5.74, 6) is -2.67. The van der Waals surface area contributed by atoms with Crippen molar-refractivity contribution in [2.24, 2.45) is 4.99 Å². The van der Waals surface area contributed by atoms with E-state index in [1.54, 1.807) is 0 Å². The van der Waals surface area contributed by atoms with Crippen LogP contribution in [-0.4, -0.2) is 71.4 Å². The highest BCUT2D eigenvalue weighted by Crippen LogP contribution is 2.42. The van der Waals surface area contributed by atoms with Gasteiger partial charge < -0.3 is 14.6 Å². The molecule has 1 aromatic rings. The molecule has 37 heavy (non-hydrogen) atoms. The van der Waals surface area contributed by atoms with E-state index in [1.807, 2.05) is 0 Å². The number of carbonyl (C=O) groups is 2. The zero-order chi connectivity index (χ0) is 28.6. The molecule has 13 heteroatoms. The fourth-order valence-corrected chi connectivity index (χ4v) is 6.15. The molecule has 0 spiro atoms. The number of aliphatic hydroxyl groups is 1. The fraction of sp³-hybridized carbons (Fsp3) is 0.625. The fourth-order valence-electron chi connectivity index (χ4n) is 3.73. The van der Waals surface area contributed by atoms with Gasteiger partial charge in [-0.3, -0.25) is 4.99 Å². The van der Waals surface area contributed by atoms with Crippen LogP contribution in [0.2, 0.25) is 0 Å². The smallest absolute Gasteiger partial charge is 0.425 e. The van der Waals surface area contributed by atoms with Crippen LogP contribution in [0.15, 0.2) is 27.7 Å². The third-order valence-corrected chi connectivity index (χ3v) is 8.62. The summed E-state index contributed by atoms with van der Waals surface area (Å²) in [6, 6.07) is 3.54. The van der Waals surface area contributed by atoms with Crippen LogP contribution in [0.1, 0.15) is 60.5 Å². The number of halogens is 3. The molecule has 1 aliphatic rings. The molecule has 1 aliphatic heterocycles. The first-order valence-electron chi connectivity index (χ1n) is 11.4. The summed E-state index contributed by atoms with van der Waals surface area (Å²) in [5, 5.41) is 9.74. The molecule has 0 bridgehead atoms. The monoisotopic (exact) mass is 610 g/mol. The Morgan fingerprint density at radius 1 is 1.14 bits per heavy atom. The molecule has 208 valence electrons. The molecule has 0 saturated heterocycles. The van der Waals surface area contributed by atoms with Gasteiger partial charge in [-0.25, -0.2) is 26.8 Å². The SMILES string of the molecule is CC(C)(C)OC(=O)N(C(=O)OC(C)(C)C)C1=NC(CF)(c2cc(Br)ccc2F)CS(=O)(=O)C1(C)CCO. The first-order valence-corrected chi connectivity index (χ1v) is 13.9. The number of carbonyl (C=O) groups excluding carboxylic acids is 2. The van der Waals surface area contributed by atoms with Gasteiger partial charge in [-0.2, -0.15) is 4.90 Å². The van der Waals surface area contributed by atoms with Gasteiger partial charge in [0.2, 0.25) is 0 Å². The van der Waals surface area contributed by atoms with Crippen molar-refractivity contribution < 1.29 is 41.4 Å². The van der Waals surface area contributed by atoms with Gasteiger partial charge in [0.25, 0.3) is 0 Å². The van der Waals surface area contributed by atoms with E-state index in [0.29, 0.717) is 9.37 Å². The van der Waals surface area contributed by atoms with Crippen molar-refractivity contribution >= 4 is 43.8 Å². The topological polar surface area (TPSA) is 123 Å². The zero-order valence-corrected chi connectivity index (χ0v) is 24.3. The normalized spacial score (nSPS) is 23.7. The standard InChI is InChI=1S/C24H33BrF2N2O7S/c1-21(2,3)35-19(31)29(20(32)36-22(4,5)6)18-23(7,10-11-30)37(33,34)14-24(13-26,28-18)16-12-15(25)8-9-17(16)27/h8-9,12,30H,10-11,13-14H2,1-7H3. The number of aliphatic hydroxyl groups excluding tert-OH is 1. The predicted octanol–water partition coefficient (Wildman–Crippen LogP) is 4.89. The van der Waals surface area contributed by atoms with Crippen molar-refractivity contribution in [3.8, 4) is 0 Å². The summed E-state index contributed by atoms with van der Waals surface area (Å²) in [6.45, 7) is 8.12. The molecule has 0 aromatic heterocycles. The van der Waals surface area contributed by atoms with Crippen molar-refractivity contribution in [2.75, 3.05) is 19.0 Å². The highest BCUT2D eigenvalue weighted by atomic mass is 79.9. The minimum Gasteiger partial charge on any atom is -0.443 e. The third kappa shape index (κ3) is 6.66. The van der Waals surface area contributed by atoms with Crippen molar-refractivity contribution in [1.82, 2.24) is 4.90 Å². The second-order valence-corrected chi connectivity index (χ2v) is 14.3. The van der Waals surface area contributed by atoms with Crippen LogP contribution in [0.25, 0.3) is 0 Å². The second-order valence-electron chi connectivity index (χ2n) is 11.0. The van der Waals surface area contributed by atoms with Crippen LogP contribution in [0, 0.1) is 5.82 Å². The largest absolute Gasteiger partial charge is 0.443 e. The Morgan fingerprint density at radius 3 is 2.08 bits per heavy atom. The number of aliphatic imine (C=N–C) groups is 1. The van der Waals surface area contributed by atoms with E-state index in [2.05, 4.69) is 20.9 Å². The first-order chi connectivity index (χ1) is 16.7. The lowest BCUT2D eigenvalue weighted by Gasteiger charge is -2.43. The number of rotatable bonds is 4. The van der Waals surface area contributed by atoms with Crippen molar-refractivity contribution in [3.63, 3.8) is 0 Å².